The summed E-state index contributed by atoms with van der Waals surface area (Å²) < 4.78 is 5.44. The standard InChI is InChI=1S/C15H19N3O/c1-10-3-4-13(11(2)9-10)15-17-14(18-19-15)12-5-7-16-8-6-12/h3-4,9,12,16H,5-8H2,1-2H3. The van der Waals surface area contributed by atoms with E-state index in [4.69, 9.17) is 4.52 Å². The molecule has 0 unspecified atom stereocenters. The summed E-state index contributed by atoms with van der Waals surface area (Å²) in [6.45, 7) is 6.25. The lowest BCUT2D eigenvalue weighted by atomic mass is 9.97. The highest BCUT2D eigenvalue weighted by molar-refractivity contribution is 5.58. The van der Waals surface area contributed by atoms with E-state index in [1.807, 2.05) is 0 Å². The Balaban J connectivity index is 1.87. The van der Waals surface area contributed by atoms with Crippen molar-refractivity contribution < 1.29 is 4.52 Å². The molecule has 0 amide bonds. The number of nitrogens with one attached hydrogen (secondary N) is 1. The summed E-state index contributed by atoms with van der Waals surface area (Å²) >= 11 is 0. The van der Waals surface area contributed by atoms with E-state index in [0.29, 0.717) is 11.8 Å². The molecule has 1 N–H and O–H groups in total. The van der Waals surface area contributed by atoms with Gasteiger partial charge in [0.2, 0.25) is 0 Å². The zero-order valence-corrected chi connectivity index (χ0v) is 11.4. The summed E-state index contributed by atoms with van der Waals surface area (Å²) in [6.07, 6.45) is 2.18. The van der Waals surface area contributed by atoms with Gasteiger partial charge in [0.15, 0.2) is 5.82 Å². The van der Waals surface area contributed by atoms with Crippen LogP contribution in [-0.4, -0.2) is 23.2 Å². The molecule has 19 heavy (non-hydrogen) atoms. The van der Waals surface area contributed by atoms with Crippen molar-refractivity contribution in [2.45, 2.75) is 32.6 Å². The number of aromatic nitrogens is 2. The van der Waals surface area contributed by atoms with Gasteiger partial charge in [0.05, 0.1) is 0 Å². The normalized spacial score (nSPS) is 16.7. The highest BCUT2D eigenvalue weighted by Gasteiger charge is 2.21. The zero-order valence-electron chi connectivity index (χ0n) is 11.4. The largest absolute Gasteiger partial charge is 0.334 e. The minimum absolute atomic E-state index is 0.435. The van der Waals surface area contributed by atoms with Crippen LogP contribution in [0.5, 0.6) is 0 Å². The summed E-state index contributed by atoms with van der Waals surface area (Å²) in [6, 6.07) is 6.28. The van der Waals surface area contributed by atoms with Crippen molar-refractivity contribution in [1.29, 1.82) is 0 Å². The molecule has 100 valence electrons. The van der Waals surface area contributed by atoms with Crippen LogP contribution in [0.25, 0.3) is 11.5 Å². The van der Waals surface area contributed by atoms with Crippen LogP contribution in [0.15, 0.2) is 22.7 Å². The second kappa shape index (κ2) is 5.13. The van der Waals surface area contributed by atoms with Gasteiger partial charge in [-0.25, -0.2) is 0 Å². The fraction of sp³-hybridized carbons (Fsp3) is 0.467. The smallest absolute Gasteiger partial charge is 0.258 e. The van der Waals surface area contributed by atoms with E-state index in [1.165, 1.54) is 11.1 Å². The van der Waals surface area contributed by atoms with Crippen LogP contribution in [0, 0.1) is 13.8 Å². The van der Waals surface area contributed by atoms with Gasteiger partial charge in [0.25, 0.3) is 5.89 Å². The minimum atomic E-state index is 0.435. The van der Waals surface area contributed by atoms with Crippen molar-refractivity contribution in [3.8, 4) is 11.5 Å². The fourth-order valence-electron chi connectivity index (χ4n) is 2.64. The van der Waals surface area contributed by atoms with Crippen molar-refractivity contribution in [3.63, 3.8) is 0 Å². The fourth-order valence-corrected chi connectivity index (χ4v) is 2.64. The molecule has 1 aliphatic heterocycles. The molecule has 0 atom stereocenters. The summed E-state index contributed by atoms with van der Waals surface area (Å²) in [5.41, 5.74) is 3.47. The van der Waals surface area contributed by atoms with Crippen LogP contribution in [0.1, 0.15) is 35.7 Å². The number of hydrogen-bond acceptors (Lipinski definition) is 4. The number of nitrogens with zero attached hydrogens (tertiary/aromatic N) is 2. The molecule has 1 fully saturated rings. The summed E-state index contributed by atoms with van der Waals surface area (Å²) in [7, 11) is 0. The molecule has 0 saturated carbocycles. The van der Waals surface area contributed by atoms with E-state index in [2.05, 4.69) is 47.5 Å². The number of hydrogen-bond donors (Lipinski definition) is 1. The van der Waals surface area contributed by atoms with Crippen molar-refractivity contribution in [3.05, 3.63) is 35.2 Å². The van der Waals surface area contributed by atoms with E-state index in [1.54, 1.807) is 0 Å². The molecule has 2 heterocycles. The van der Waals surface area contributed by atoms with Gasteiger partial charge >= 0.3 is 0 Å². The van der Waals surface area contributed by atoms with Crippen LogP contribution < -0.4 is 5.32 Å². The van der Waals surface area contributed by atoms with E-state index in [0.717, 1.165) is 37.3 Å². The molecule has 3 rings (SSSR count). The molecule has 0 bridgehead atoms. The quantitative estimate of drug-likeness (QED) is 0.898. The van der Waals surface area contributed by atoms with Gasteiger partial charge in [0.1, 0.15) is 0 Å². The third kappa shape index (κ3) is 2.54. The predicted molar refractivity (Wildman–Crippen MR) is 74.1 cm³/mol. The Kier molecular flexibility index (Phi) is 3.34. The highest BCUT2D eigenvalue weighted by Crippen LogP contribution is 2.27. The van der Waals surface area contributed by atoms with Gasteiger partial charge in [-0.2, -0.15) is 4.98 Å². The van der Waals surface area contributed by atoms with Crippen molar-refractivity contribution in [2.75, 3.05) is 13.1 Å². The van der Waals surface area contributed by atoms with E-state index in [9.17, 15) is 0 Å². The first kappa shape index (κ1) is 12.4. The van der Waals surface area contributed by atoms with Gasteiger partial charge in [-0.15, -0.1) is 0 Å². The molecular formula is C15H19N3O. The van der Waals surface area contributed by atoms with E-state index < -0.39 is 0 Å². The third-order valence-corrected chi connectivity index (χ3v) is 3.76. The zero-order chi connectivity index (χ0) is 13.2. The topological polar surface area (TPSA) is 51.0 Å². The van der Waals surface area contributed by atoms with E-state index >= 15 is 0 Å². The van der Waals surface area contributed by atoms with Gasteiger partial charge in [0, 0.05) is 11.5 Å². The van der Waals surface area contributed by atoms with Crippen molar-refractivity contribution in [2.24, 2.45) is 0 Å². The van der Waals surface area contributed by atoms with Crippen LogP contribution >= 0.6 is 0 Å². The summed E-state index contributed by atoms with van der Waals surface area (Å²) in [5.74, 6) is 1.94. The maximum Gasteiger partial charge on any atom is 0.258 e. The van der Waals surface area contributed by atoms with Gasteiger partial charge < -0.3 is 9.84 Å². The Morgan fingerprint density at radius 1 is 1.21 bits per heavy atom. The molecule has 4 nitrogen and oxygen atoms in total. The van der Waals surface area contributed by atoms with Gasteiger partial charge in [-0.1, -0.05) is 22.9 Å². The Bertz CT molecular complexity index is 571. The van der Waals surface area contributed by atoms with E-state index in [-0.39, 0.29) is 0 Å². The summed E-state index contributed by atoms with van der Waals surface area (Å²) in [5, 5.41) is 7.52. The first-order valence-corrected chi connectivity index (χ1v) is 6.86. The average molecular weight is 257 g/mol. The van der Waals surface area contributed by atoms with Gasteiger partial charge in [-0.05, 0) is 51.4 Å². The van der Waals surface area contributed by atoms with Crippen LogP contribution in [-0.2, 0) is 0 Å². The Morgan fingerprint density at radius 3 is 2.74 bits per heavy atom. The molecule has 4 heteroatoms. The first-order chi connectivity index (χ1) is 9.24. The monoisotopic (exact) mass is 257 g/mol. The van der Waals surface area contributed by atoms with Gasteiger partial charge in [-0.3, -0.25) is 0 Å². The molecule has 0 spiro atoms. The molecule has 1 aliphatic rings. The Morgan fingerprint density at radius 2 is 2.00 bits per heavy atom. The van der Waals surface area contributed by atoms with Crippen molar-refractivity contribution in [1.82, 2.24) is 15.5 Å². The third-order valence-electron chi connectivity index (χ3n) is 3.76. The molecule has 0 radical (unpaired) electrons. The average Bonchev–Trinajstić information content (AvgIpc) is 2.89. The molecule has 1 aromatic heterocycles. The number of benzene rings is 1. The molecule has 1 aromatic carbocycles. The van der Waals surface area contributed by atoms with Crippen LogP contribution in [0.2, 0.25) is 0 Å². The lowest BCUT2D eigenvalue weighted by Gasteiger charge is -2.18. The summed E-state index contributed by atoms with van der Waals surface area (Å²) in [4.78, 5) is 4.59. The highest BCUT2D eigenvalue weighted by atomic mass is 16.5. The number of piperidine rings is 1. The number of aryl methyl sites for hydroxylation is 2. The first-order valence-electron chi connectivity index (χ1n) is 6.86. The lowest BCUT2D eigenvalue weighted by molar-refractivity contribution is 0.392. The Hall–Kier alpha value is -1.68. The second-order valence-corrected chi connectivity index (χ2v) is 5.30. The Labute approximate surface area is 113 Å². The molecule has 2 aromatic rings. The van der Waals surface area contributed by atoms with Crippen LogP contribution in [0.4, 0.5) is 0 Å². The SMILES string of the molecule is Cc1ccc(-c2nc(C3CCNCC3)no2)c(C)c1. The maximum atomic E-state index is 5.44. The lowest BCUT2D eigenvalue weighted by Crippen LogP contribution is -2.27. The van der Waals surface area contributed by atoms with Crippen LogP contribution in [0.3, 0.4) is 0 Å². The number of rotatable bonds is 2. The predicted octanol–water partition coefficient (Wildman–Crippen LogP) is 2.82. The second-order valence-electron chi connectivity index (χ2n) is 5.30. The maximum absolute atomic E-state index is 5.44. The molecule has 1 saturated heterocycles. The molecule has 0 aliphatic carbocycles. The minimum Gasteiger partial charge on any atom is -0.334 e. The molecular weight excluding hydrogens is 238 g/mol. The van der Waals surface area contributed by atoms with Crippen molar-refractivity contribution >= 4 is 0 Å².